The Labute approximate surface area is 95.0 Å². The van der Waals surface area contributed by atoms with Gasteiger partial charge in [0.05, 0.1) is 12.3 Å². The lowest BCUT2D eigenvalue weighted by molar-refractivity contribution is 0.0957. The molecule has 2 rings (SSSR count). The molecule has 1 fully saturated rings. The molecule has 4 nitrogen and oxygen atoms in total. The zero-order chi connectivity index (χ0) is 11.5. The quantitative estimate of drug-likeness (QED) is 0.837. The summed E-state index contributed by atoms with van der Waals surface area (Å²) >= 11 is 0. The maximum atomic E-state index is 11.5. The Kier molecular flexibility index (Phi) is 3.08. The summed E-state index contributed by atoms with van der Waals surface area (Å²) in [5, 5.41) is 2.59. The van der Waals surface area contributed by atoms with Crippen LogP contribution in [-0.2, 0) is 6.42 Å². The Morgan fingerprint density at radius 2 is 2.38 bits per heavy atom. The number of aryl methyl sites for hydroxylation is 1. The molecule has 0 saturated heterocycles. The lowest BCUT2D eigenvalue weighted by Crippen LogP contribution is -2.21. The van der Waals surface area contributed by atoms with Gasteiger partial charge >= 0.3 is 0 Å². The second kappa shape index (κ2) is 4.51. The molecule has 1 saturated carbocycles. The number of carbonyl (C=O) groups excluding carboxylic acids is 1. The average Bonchev–Trinajstić information content (AvgIpc) is 3.11. The molecule has 1 aliphatic rings. The van der Waals surface area contributed by atoms with Gasteiger partial charge in [0.15, 0.2) is 0 Å². The first-order valence-corrected chi connectivity index (χ1v) is 5.62. The van der Waals surface area contributed by atoms with Crippen LogP contribution in [0.15, 0.2) is 12.3 Å². The number of nitrogens with one attached hydrogen (secondary N) is 1. The molecule has 1 heterocycles. The van der Waals surface area contributed by atoms with Crippen molar-refractivity contribution in [2.75, 3.05) is 7.05 Å². The Bertz CT molecular complexity index is 400. The van der Waals surface area contributed by atoms with E-state index in [1.54, 1.807) is 13.2 Å². The van der Waals surface area contributed by atoms with Gasteiger partial charge in [0.25, 0.3) is 5.91 Å². The van der Waals surface area contributed by atoms with E-state index in [4.69, 9.17) is 4.74 Å². The Hall–Kier alpha value is -1.58. The lowest BCUT2D eigenvalue weighted by atomic mass is 10.1. The fraction of sp³-hybridized carbons (Fsp3) is 0.500. The van der Waals surface area contributed by atoms with Crippen LogP contribution in [0.1, 0.15) is 35.8 Å². The summed E-state index contributed by atoms with van der Waals surface area (Å²) in [7, 11) is 1.61. The lowest BCUT2D eigenvalue weighted by Gasteiger charge is -2.09. The average molecular weight is 220 g/mol. The topological polar surface area (TPSA) is 51.2 Å². The van der Waals surface area contributed by atoms with Gasteiger partial charge in [0.1, 0.15) is 11.4 Å². The van der Waals surface area contributed by atoms with Crippen LogP contribution in [0.2, 0.25) is 0 Å². The number of rotatable bonds is 4. The van der Waals surface area contributed by atoms with Crippen molar-refractivity contribution >= 4 is 5.91 Å². The number of hydrogen-bond acceptors (Lipinski definition) is 3. The smallest absolute Gasteiger partial charge is 0.269 e. The Morgan fingerprint density at radius 3 is 2.94 bits per heavy atom. The van der Waals surface area contributed by atoms with E-state index >= 15 is 0 Å². The predicted octanol–water partition coefficient (Wildman–Crippen LogP) is 1.54. The van der Waals surface area contributed by atoms with Gasteiger partial charge in [-0.15, -0.1) is 0 Å². The Balaban J connectivity index is 2.22. The van der Waals surface area contributed by atoms with E-state index in [1.165, 1.54) is 0 Å². The van der Waals surface area contributed by atoms with Gasteiger partial charge in [-0.25, -0.2) is 4.98 Å². The maximum absolute atomic E-state index is 11.5. The van der Waals surface area contributed by atoms with Gasteiger partial charge in [-0.2, -0.15) is 0 Å². The zero-order valence-corrected chi connectivity index (χ0v) is 9.62. The molecule has 1 amide bonds. The van der Waals surface area contributed by atoms with E-state index in [0.717, 1.165) is 30.6 Å². The van der Waals surface area contributed by atoms with Crippen molar-refractivity contribution in [3.8, 4) is 5.75 Å². The number of carbonyl (C=O) groups is 1. The first kappa shape index (κ1) is 10.9. The van der Waals surface area contributed by atoms with Crippen molar-refractivity contribution in [3.05, 3.63) is 23.5 Å². The number of aromatic nitrogens is 1. The summed E-state index contributed by atoms with van der Waals surface area (Å²) in [6, 6.07) is 1.91. The van der Waals surface area contributed by atoms with Gasteiger partial charge in [0.2, 0.25) is 0 Å². The second-order valence-electron chi connectivity index (χ2n) is 3.93. The molecule has 1 aromatic rings. The number of hydrogen-bond donors (Lipinski definition) is 1. The van der Waals surface area contributed by atoms with Crippen LogP contribution in [0, 0.1) is 0 Å². The largest absolute Gasteiger partial charge is 0.489 e. The highest BCUT2D eigenvalue weighted by molar-refractivity contribution is 5.93. The standard InChI is InChI=1S/C12H16N2O2/c1-3-8-6-10(16-9-4-5-9)7-14-11(8)12(15)13-2/h6-7,9H,3-5H2,1-2H3,(H,13,15). The molecule has 0 unspecified atom stereocenters. The molecule has 1 N–H and O–H groups in total. The van der Waals surface area contributed by atoms with Gasteiger partial charge < -0.3 is 10.1 Å². The third-order valence-corrected chi connectivity index (χ3v) is 2.59. The minimum atomic E-state index is -0.144. The van der Waals surface area contributed by atoms with Gasteiger partial charge in [-0.1, -0.05) is 6.92 Å². The summed E-state index contributed by atoms with van der Waals surface area (Å²) in [6.07, 6.45) is 5.01. The van der Waals surface area contributed by atoms with Crippen molar-refractivity contribution in [1.29, 1.82) is 0 Å². The molecule has 16 heavy (non-hydrogen) atoms. The van der Waals surface area contributed by atoms with Crippen molar-refractivity contribution < 1.29 is 9.53 Å². The van der Waals surface area contributed by atoms with E-state index in [9.17, 15) is 4.79 Å². The van der Waals surface area contributed by atoms with Crippen LogP contribution < -0.4 is 10.1 Å². The van der Waals surface area contributed by atoms with E-state index in [-0.39, 0.29) is 5.91 Å². The van der Waals surface area contributed by atoms with Gasteiger partial charge in [-0.05, 0) is 30.9 Å². The minimum Gasteiger partial charge on any atom is -0.489 e. The van der Waals surface area contributed by atoms with Crippen molar-refractivity contribution in [1.82, 2.24) is 10.3 Å². The first-order chi connectivity index (χ1) is 7.74. The molecule has 4 heteroatoms. The fourth-order valence-corrected chi connectivity index (χ4v) is 1.52. The summed E-state index contributed by atoms with van der Waals surface area (Å²) in [4.78, 5) is 15.7. The number of nitrogens with zero attached hydrogens (tertiary/aromatic N) is 1. The molecular formula is C12H16N2O2. The first-order valence-electron chi connectivity index (χ1n) is 5.62. The summed E-state index contributed by atoms with van der Waals surface area (Å²) in [6.45, 7) is 2.00. The molecular weight excluding hydrogens is 204 g/mol. The van der Waals surface area contributed by atoms with E-state index in [2.05, 4.69) is 10.3 Å². The van der Waals surface area contributed by atoms with E-state index in [1.807, 2.05) is 13.0 Å². The second-order valence-corrected chi connectivity index (χ2v) is 3.93. The molecule has 0 radical (unpaired) electrons. The molecule has 0 spiro atoms. The Morgan fingerprint density at radius 1 is 1.62 bits per heavy atom. The highest BCUT2D eigenvalue weighted by Gasteiger charge is 2.24. The molecule has 0 aromatic carbocycles. The number of ether oxygens (including phenoxy) is 1. The van der Waals surface area contributed by atoms with Crippen LogP contribution in [-0.4, -0.2) is 24.0 Å². The molecule has 86 valence electrons. The molecule has 0 atom stereocenters. The van der Waals surface area contributed by atoms with Crippen molar-refractivity contribution in [2.45, 2.75) is 32.3 Å². The van der Waals surface area contributed by atoms with E-state index < -0.39 is 0 Å². The monoisotopic (exact) mass is 220 g/mol. The third-order valence-electron chi connectivity index (χ3n) is 2.59. The van der Waals surface area contributed by atoms with Crippen molar-refractivity contribution in [3.63, 3.8) is 0 Å². The third kappa shape index (κ3) is 2.32. The summed E-state index contributed by atoms with van der Waals surface area (Å²) in [5.74, 6) is 0.627. The summed E-state index contributed by atoms with van der Waals surface area (Å²) < 4.78 is 5.64. The SMILES string of the molecule is CCc1cc(OC2CC2)cnc1C(=O)NC. The van der Waals surface area contributed by atoms with Crippen LogP contribution in [0.4, 0.5) is 0 Å². The predicted molar refractivity (Wildman–Crippen MR) is 60.7 cm³/mol. The zero-order valence-electron chi connectivity index (χ0n) is 9.62. The maximum Gasteiger partial charge on any atom is 0.269 e. The fourth-order valence-electron chi connectivity index (χ4n) is 1.52. The molecule has 0 bridgehead atoms. The normalized spacial score (nSPS) is 14.6. The van der Waals surface area contributed by atoms with Crippen molar-refractivity contribution in [2.24, 2.45) is 0 Å². The molecule has 0 aliphatic heterocycles. The minimum absolute atomic E-state index is 0.144. The van der Waals surface area contributed by atoms with Gasteiger partial charge in [-0.3, -0.25) is 4.79 Å². The van der Waals surface area contributed by atoms with Crippen LogP contribution in [0.3, 0.4) is 0 Å². The highest BCUT2D eigenvalue weighted by Crippen LogP contribution is 2.27. The van der Waals surface area contributed by atoms with Crippen LogP contribution in [0.5, 0.6) is 5.75 Å². The summed E-state index contributed by atoms with van der Waals surface area (Å²) in [5.41, 5.74) is 1.42. The number of pyridine rings is 1. The highest BCUT2D eigenvalue weighted by atomic mass is 16.5. The van der Waals surface area contributed by atoms with Gasteiger partial charge in [0, 0.05) is 7.05 Å². The number of amides is 1. The molecule has 1 aliphatic carbocycles. The molecule has 1 aromatic heterocycles. The van der Waals surface area contributed by atoms with E-state index in [0.29, 0.717) is 11.8 Å². The van der Waals surface area contributed by atoms with Crippen LogP contribution >= 0.6 is 0 Å². The van der Waals surface area contributed by atoms with Crippen LogP contribution in [0.25, 0.3) is 0 Å².